The van der Waals surface area contributed by atoms with Gasteiger partial charge in [-0.3, -0.25) is 0 Å². The van der Waals surface area contributed by atoms with Crippen LogP contribution in [-0.4, -0.2) is 12.6 Å². The summed E-state index contributed by atoms with van der Waals surface area (Å²) in [6.07, 6.45) is 2.56. The van der Waals surface area contributed by atoms with Crippen molar-refractivity contribution in [3.05, 3.63) is 34.8 Å². The number of pyridine rings is 1. The lowest BCUT2D eigenvalue weighted by Gasteiger charge is -2.04. The highest BCUT2D eigenvalue weighted by atomic mass is 16.5. The highest BCUT2D eigenvalue weighted by Crippen LogP contribution is 2.05. The second-order valence-corrected chi connectivity index (χ2v) is 2.62. The molecule has 1 rings (SSSR count). The van der Waals surface area contributed by atoms with Crippen LogP contribution in [0.1, 0.15) is 22.8 Å². The van der Waals surface area contributed by atoms with Crippen molar-refractivity contribution >= 4 is 5.97 Å². The summed E-state index contributed by atoms with van der Waals surface area (Å²) >= 11 is 0. The zero-order valence-corrected chi connectivity index (χ0v) is 7.61. The van der Waals surface area contributed by atoms with Gasteiger partial charge >= 0.3 is 5.97 Å². The van der Waals surface area contributed by atoms with Crippen LogP contribution in [0.15, 0.2) is 18.5 Å². The number of esters is 1. The molecule has 0 saturated carbocycles. The van der Waals surface area contributed by atoms with Gasteiger partial charge in [-0.05, 0) is 19.4 Å². The Labute approximate surface area is 76.3 Å². The van der Waals surface area contributed by atoms with Gasteiger partial charge in [0.2, 0.25) is 0 Å². The molecule has 0 radical (unpaired) electrons. The molecule has 0 aliphatic carbocycles. The standard InChI is InChI=1S/C9H11NO3/c1-3-13-9(11)8-6-10(12)5-4-7(8)2/h4-6H,3H2,1-2H3. The van der Waals surface area contributed by atoms with Crippen molar-refractivity contribution in [2.24, 2.45) is 0 Å². The maximum Gasteiger partial charge on any atom is 0.344 e. The third-order valence-electron chi connectivity index (χ3n) is 1.65. The molecule has 4 nitrogen and oxygen atoms in total. The highest BCUT2D eigenvalue weighted by molar-refractivity contribution is 5.90. The van der Waals surface area contributed by atoms with E-state index in [1.54, 1.807) is 19.9 Å². The van der Waals surface area contributed by atoms with Crippen LogP contribution in [0.2, 0.25) is 0 Å². The first-order valence-corrected chi connectivity index (χ1v) is 4.01. The molecule has 0 fully saturated rings. The first kappa shape index (κ1) is 9.51. The summed E-state index contributed by atoms with van der Waals surface area (Å²) < 4.78 is 5.36. The Morgan fingerprint density at radius 3 is 3.00 bits per heavy atom. The van der Waals surface area contributed by atoms with Gasteiger partial charge in [0.1, 0.15) is 5.56 Å². The third-order valence-corrected chi connectivity index (χ3v) is 1.65. The van der Waals surface area contributed by atoms with Gasteiger partial charge in [-0.1, -0.05) is 0 Å². The van der Waals surface area contributed by atoms with E-state index in [4.69, 9.17) is 4.74 Å². The van der Waals surface area contributed by atoms with E-state index in [0.717, 1.165) is 5.56 Å². The molecule has 0 spiro atoms. The van der Waals surface area contributed by atoms with Crippen LogP contribution in [0.5, 0.6) is 0 Å². The molecule has 13 heavy (non-hydrogen) atoms. The molecule has 0 N–H and O–H groups in total. The Balaban J connectivity index is 2.99. The molecule has 70 valence electrons. The fraction of sp³-hybridized carbons (Fsp3) is 0.333. The van der Waals surface area contributed by atoms with E-state index < -0.39 is 5.97 Å². The molecule has 1 aromatic heterocycles. The van der Waals surface area contributed by atoms with E-state index in [-0.39, 0.29) is 0 Å². The molecule has 0 bridgehead atoms. The Kier molecular flexibility index (Phi) is 2.84. The highest BCUT2D eigenvalue weighted by Gasteiger charge is 2.12. The van der Waals surface area contributed by atoms with Crippen LogP contribution in [0.25, 0.3) is 0 Å². The van der Waals surface area contributed by atoms with Gasteiger partial charge in [-0.25, -0.2) is 4.79 Å². The predicted octanol–water partition coefficient (Wildman–Crippen LogP) is 0.805. The molecule has 0 amide bonds. The number of carbonyl (C=O) groups is 1. The first-order chi connectivity index (χ1) is 6.15. The number of ether oxygens (including phenoxy) is 1. The van der Waals surface area contributed by atoms with Gasteiger partial charge in [0, 0.05) is 6.07 Å². The minimum Gasteiger partial charge on any atom is -0.619 e. The second kappa shape index (κ2) is 3.89. The molecular weight excluding hydrogens is 170 g/mol. The SMILES string of the molecule is CCOC(=O)c1c[n+]([O-])ccc1C. The Morgan fingerprint density at radius 2 is 2.38 bits per heavy atom. The smallest absolute Gasteiger partial charge is 0.344 e. The maximum atomic E-state index is 11.2. The number of aromatic nitrogens is 1. The quantitative estimate of drug-likeness (QED) is 0.385. The second-order valence-electron chi connectivity index (χ2n) is 2.62. The fourth-order valence-corrected chi connectivity index (χ4v) is 0.970. The van der Waals surface area contributed by atoms with E-state index >= 15 is 0 Å². The van der Waals surface area contributed by atoms with Crippen molar-refractivity contribution in [1.29, 1.82) is 0 Å². The van der Waals surface area contributed by atoms with Crippen molar-refractivity contribution in [2.75, 3.05) is 6.61 Å². The molecule has 0 aliphatic rings. The minimum atomic E-state index is -0.454. The lowest BCUT2D eigenvalue weighted by atomic mass is 10.2. The average Bonchev–Trinajstić information content (AvgIpc) is 2.09. The fourth-order valence-electron chi connectivity index (χ4n) is 0.970. The van der Waals surface area contributed by atoms with E-state index in [1.807, 2.05) is 0 Å². The third kappa shape index (κ3) is 2.18. The number of nitrogens with zero attached hydrogens (tertiary/aromatic N) is 1. The van der Waals surface area contributed by atoms with Gasteiger partial charge in [0.25, 0.3) is 0 Å². The Bertz CT molecular complexity index is 323. The molecule has 0 atom stereocenters. The monoisotopic (exact) mass is 181 g/mol. The zero-order valence-electron chi connectivity index (χ0n) is 7.61. The maximum absolute atomic E-state index is 11.2. The summed E-state index contributed by atoms with van der Waals surface area (Å²) in [7, 11) is 0. The van der Waals surface area contributed by atoms with Gasteiger partial charge in [-0.2, -0.15) is 4.73 Å². The van der Waals surface area contributed by atoms with Gasteiger partial charge in [0.05, 0.1) is 6.61 Å². The lowest BCUT2D eigenvalue weighted by molar-refractivity contribution is -0.605. The van der Waals surface area contributed by atoms with Crippen molar-refractivity contribution in [1.82, 2.24) is 0 Å². The Hall–Kier alpha value is -1.58. The van der Waals surface area contributed by atoms with Crippen molar-refractivity contribution in [2.45, 2.75) is 13.8 Å². The number of aryl methyl sites for hydroxylation is 1. The molecular formula is C9H11NO3. The van der Waals surface area contributed by atoms with Crippen LogP contribution < -0.4 is 4.73 Å². The Morgan fingerprint density at radius 1 is 1.69 bits per heavy atom. The van der Waals surface area contributed by atoms with Gasteiger partial charge < -0.3 is 9.94 Å². The summed E-state index contributed by atoms with van der Waals surface area (Å²) in [6, 6.07) is 1.58. The van der Waals surface area contributed by atoms with E-state index in [9.17, 15) is 10.0 Å². The molecule has 0 saturated heterocycles. The molecule has 1 heterocycles. The molecule has 0 aromatic carbocycles. The number of carbonyl (C=O) groups excluding carboxylic acids is 1. The summed E-state index contributed by atoms with van der Waals surface area (Å²) in [5.41, 5.74) is 1.06. The van der Waals surface area contributed by atoms with Crippen LogP contribution in [-0.2, 0) is 4.74 Å². The zero-order chi connectivity index (χ0) is 9.84. The normalized spacial score (nSPS) is 9.69. The van der Waals surface area contributed by atoms with Crippen molar-refractivity contribution < 1.29 is 14.3 Å². The van der Waals surface area contributed by atoms with E-state index in [0.29, 0.717) is 16.9 Å². The van der Waals surface area contributed by atoms with Gasteiger partial charge in [-0.15, -0.1) is 0 Å². The first-order valence-electron chi connectivity index (χ1n) is 4.01. The number of hydrogen-bond acceptors (Lipinski definition) is 3. The lowest BCUT2D eigenvalue weighted by Crippen LogP contribution is -2.27. The molecule has 0 aliphatic heterocycles. The van der Waals surface area contributed by atoms with Gasteiger partial charge in [0.15, 0.2) is 12.4 Å². The molecule has 4 heteroatoms. The topological polar surface area (TPSA) is 53.2 Å². The van der Waals surface area contributed by atoms with Crippen LogP contribution in [0, 0.1) is 12.1 Å². The van der Waals surface area contributed by atoms with Crippen molar-refractivity contribution in [3.63, 3.8) is 0 Å². The summed E-state index contributed by atoms with van der Waals surface area (Å²) in [5, 5.41) is 10.9. The predicted molar refractivity (Wildman–Crippen MR) is 46.1 cm³/mol. The average molecular weight is 181 g/mol. The largest absolute Gasteiger partial charge is 0.619 e. The summed E-state index contributed by atoms with van der Waals surface area (Å²) in [4.78, 5) is 11.2. The summed E-state index contributed by atoms with van der Waals surface area (Å²) in [5.74, 6) is -0.454. The van der Waals surface area contributed by atoms with E-state index in [1.165, 1.54) is 12.4 Å². The molecule has 0 unspecified atom stereocenters. The minimum absolute atomic E-state index is 0.312. The molecule has 1 aromatic rings. The van der Waals surface area contributed by atoms with Crippen molar-refractivity contribution in [3.8, 4) is 0 Å². The summed E-state index contributed by atoms with van der Waals surface area (Å²) in [6.45, 7) is 3.79. The number of rotatable bonds is 2. The van der Waals surface area contributed by atoms with Crippen LogP contribution in [0.4, 0.5) is 0 Å². The van der Waals surface area contributed by atoms with E-state index in [2.05, 4.69) is 0 Å². The van der Waals surface area contributed by atoms with Crippen LogP contribution in [0.3, 0.4) is 0 Å². The van der Waals surface area contributed by atoms with Crippen LogP contribution >= 0.6 is 0 Å². The number of hydrogen-bond donors (Lipinski definition) is 0.